The summed E-state index contributed by atoms with van der Waals surface area (Å²) in [6, 6.07) is 10.4. The highest BCUT2D eigenvalue weighted by Crippen LogP contribution is 2.23. The predicted molar refractivity (Wildman–Crippen MR) is 95.3 cm³/mol. The molecule has 0 fully saturated rings. The Kier molecular flexibility index (Phi) is 5.38. The molecule has 0 amide bonds. The number of carboxylic acid groups (broad SMARTS) is 1. The summed E-state index contributed by atoms with van der Waals surface area (Å²) in [6.07, 6.45) is 3.37. The molecule has 0 aliphatic rings. The van der Waals surface area contributed by atoms with Crippen LogP contribution in [0.5, 0.6) is 0 Å². The van der Waals surface area contributed by atoms with Crippen LogP contribution in [-0.2, 0) is 6.54 Å². The van der Waals surface area contributed by atoms with E-state index in [1.807, 2.05) is 18.2 Å². The van der Waals surface area contributed by atoms with E-state index in [4.69, 9.17) is 9.63 Å². The minimum atomic E-state index is -0.940. The quantitative estimate of drug-likeness (QED) is 0.672. The van der Waals surface area contributed by atoms with Gasteiger partial charge in [0.05, 0.1) is 11.6 Å². The highest BCUT2D eigenvalue weighted by Gasteiger charge is 2.22. The number of carboxylic acids is 1. The van der Waals surface area contributed by atoms with E-state index >= 15 is 0 Å². The molecule has 2 N–H and O–H groups in total. The smallest absolute Gasteiger partial charge is 0.335 e. The summed E-state index contributed by atoms with van der Waals surface area (Å²) in [5.74, 6) is 0.256. The maximum atomic E-state index is 11.1. The lowest BCUT2D eigenvalue weighted by Gasteiger charge is -2.18. The fourth-order valence-electron chi connectivity index (χ4n) is 2.62. The Hall–Kier alpha value is -3.06. The van der Waals surface area contributed by atoms with Gasteiger partial charge in [-0.25, -0.2) is 4.79 Å². The molecule has 0 aliphatic carbocycles. The zero-order valence-corrected chi connectivity index (χ0v) is 14.6. The van der Waals surface area contributed by atoms with Crippen LogP contribution in [0.4, 0.5) is 0 Å². The number of carbonyl (C=O) groups is 1. The van der Waals surface area contributed by atoms with Crippen molar-refractivity contribution in [2.45, 2.75) is 26.4 Å². The summed E-state index contributed by atoms with van der Waals surface area (Å²) in [4.78, 5) is 19.6. The average molecular weight is 352 g/mol. The largest absolute Gasteiger partial charge is 0.478 e. The van der Waals surface area contributed by atoms with Gasteiger partial charge in [-0.3, -0.25) is 4.98 Å². The van der Waals surface area contributed by atoms with Crippen LogP contribution in [0.15, 0.2) is 53.3 Å². The van der Waals surface area contributed by atoms with Gasteiger partial charge in [-0.05, 0) is 35.7 Å². The summed E-state index contributed by atoms with van der Waals surface area (Å²) in [6.45, 7) is 4.60. The summed E-state index contributed by atoms with van der Waals surface area (Å²) in [5.41, 5.74) is 1.93. The van der Waals surface area contributed by atoms with Gasteiger partial charge in [-0.2, -0.15) is 4.98 Å². The van der Waals surface area contributed by atoms with Gasteiger partial charge in [0.25, 0.3) is 0 Å². The molecule has 0 spiro atoms. The van der Waals surface area contributed by atoms with Gasteiger partial charge in [0.15, 0.2) is 0 Å². The molecular formula is C19H20N4O3. The van der Waals surface area contributed by atoms with Crippen molar-refractivity contribution in [3.05, 3.63) is 65.8 Å². The van der Waals surface area contributed by atoms with Crippen LogP contribution in [0.2, 0.25) is 0 Å². The van der Waals surface area contributed by atoms with Crippen molar-refractivity contribution in [2.75, 3.05) is 0 Å². The average Bonchev–Trinajstić information content (AvgIpc) is 3.12. The van der Waals surface area contributed by atoms with Crippen molar-refractivity contribution >= 4 is 5.97 Å². The van der Waals surface area contributed by atoms with Crippen molar-refractivity contribution < 1.29 is 14.4 Å². The SMILES string of the molecule is CC(C)C(NCc1cccc(C(=O)O)c1)c1nc(-c2cccnc2)no1. The fraction of sp³-hybridized carbons (Fsp3) is 0.263. The Morgan fingerprint density at radius 3 is 2.81 bits per heavy atom. The third-order valence-corrected chi connectivity index (χ3v) is 3.99. The third kappa shape index (κ3) is 4.12. The van der Waals surface area contributed by atoms with Crippen molar-refractivity contribution in [3.63, 3.8) is 0 Å². The molecule has 134 valence electrons. The minimum Gasteiger partial charge on any atom is -0.478 e. The van der Waals surface area contributed by atoms with Crippen molar-refractivity contribution in [1.82, 2.24) is 20.4 Å². The lowest BCUT2D eigenvalue weighted by molar-refractivity contribution is 0.0696. The first-order chi connectivity index (χ1) is 12.5. The highest BCUT2D eigenvalue weighted by atomic mass is 16.5. The highest BCUT2D eigenvalue weighted by molar-refractivity contribution is 5.87. The molecule has 7 heteroatoms. The summed E-state index contributed by atoms with van der Waals surface area (Å²) in [7, 11) is 0. The van der Waals surface area contributed by atoms with Crippen molar-refractivity contribution in [3.8, 4) is 11.4 Å². The molecule has 0 radical (unpaired) electrons. The lowest BCUT2D eigenvalue weighted by Crippen LogP contribution is -2.25. The van der Waals surface area contributed by atoms with E-state index in [0.29, 0.717) is 18.3 Å². The molecule has 0 aliphatic heterocycles. The Morgan fingerprint density at radius 2 is 2.12 bits per heavy atom. The Morgan fingerprint density at radius 1 is 1.27 bits per heavy atom. The molecule has 3 aromatic rings. The maximum Gasteiger partial charge on any atom is 0.335 e. The molecule has 2 heterocycles. The number of benzene rings is 1. The maximum absolute atomic E-state index is 11.1. The van der Waals surface area contributed by atoms with Gasteiger partial charge >= 0.3 is 5.97 Å². The van der Waals surface area contributed by atoms with Crippen molar-refractivity contribution in [2.24, 2.45) is 5.92 Å². The standard InChI is InChI=1S/C19H20N4O3/c1-12(2)16(21-10-13-5-3-6-14(9-13)19(24)25)18-22-17(23-26-18)15-7-4-8-20-11-15/h3-9,11-12,16,21H,10H2,1-2H3,(H,24,25). The monoisotopic (exact) mass is 352 g/mol. The van der Waals surface area contributed by atoms with E-state index in [-0.39, 0.29) is 17.5 Å². The zero-order valence-electron chi connectivity index (χ0n) is 14.6. The second kappa shape index (κ2) is 7.88. The molecule has 2 aromatic heterocycles. The fourth-order valence-corrected chi connectivity index (χ4v) is 2.62. The second-order valence-corrected chi connectivity index (χ2v) is 6.31. The molecule has 0 saturated heterocycles. The first kappa shape index (κ1) is 17.8. The van der Waals surface area contributed by atoms with Gasteiger partial charge < -0.3 is 14.9 Å². The third-order valence-electron chi connectivity index (χ3n) is 3.99. The second-order valence-electron chi connectivity index (χ2n) is 6.31. The van der Waals surface area contributed by atoms with E-state index in [1.165, 1.54) is 0 Å². The van der Waals surface area contributed by atoms with Crippen LogP contribution in [0.25, 0.3) is 11.4 Å². The number of rotatable bonds is 7. The minimum absolute atomic E-state index is 0.151. The normalized spacial score (nSPS) is 12.3. The van der Waals surface area contributed by atoms with Crippen LogP contribution in [0.1, 0.15) is 41.7 Å². The van der Waals surface area contributed by atoms with E-state index in [2.05, 4.69) is 34.3 Å². The number of hydrogen-bond donors (Lipinski definition) is 2. The molecule has 0 saturated carbocycles. The van der Waals surface area contributed by atoms with E-state index in [0.717, 1.165) is 11.1 Å². The van der Waals surface area contributed by atoms with Crippen LogP contribution >= 0.6 is 0 Å². The Bertz CT molecular complexity index is 877. The van der Waals surface area contributed by atoms with Gasteiger partial charge in [0.1, 0.15) is 0 Å². The van der Waals surface area contributed by atoms with Crippen LogP contribution in [-0.4, -0.2) is 26.2 Å². The van der Waals surface area contributed by atoms with Crippen molar-refractivity contribution in [1.29, 1.82) is 0 Å². The van der Waals surface area contributed by atoms with Crippen LogP contribution < -0.4 is 5.32 Å². The Balaban J connectivity index is 1.75. The number of nitrogens with zero attached hydrogens (tertiary/aromatic N) is 3. The zero-order chi connectivity index (χ0) is 18.5. The van der Waals surface area contributed by atoms with E-state index in [9.17, 15) is 4.79 Å². The number of aromatic carboxylic acids is 1. The molecule has 26 heavy (non-hydrogen) atoms. The molecule has 7 nitrogen and oxygen atoms in total. The molecule has 1 aromatic carbocycles. The number of nitrogens with one attached hydrogen (secondary N) is 1. The summed E-state index contributed by atoms with van der Waals surface area (Å²) >= 11 is 0. The molecule has 3 rings (SSSR count). The van der Waals surface area contributed by atoms with Crippen LogP contribution in [0.3, 0.4) is 0 Å². The topological polar surface area (TPSA) is 101 Å². The Labute approximate surface area is 151 Å². The molecule has 1 atom stereocenters. The first-order valence-electron chi connectivity index (χ1n) is 8.34. The summed E-state index contributed by atoms with van der Waals surface area (Å²) in [5, 5.41) is 16.5. The van der Waals surface area contributed by atoms with Gasteiger partial charge in [-0.1, -0.05) is 31.1 Å². The number of pyridine rings is 1. The number of hydrogen-bond acceptors (Lipinski definition) is 6. The van der Waals surface area contributed by atoms with Gasteiger partial charge in [-0.15, -0.1) is 0 Å². The lowest BCUT2D eigenvalue weighted by atomic mass is 10.0. The van der Waals surface area contributed by atoms with Gasteiger partial charge in [0.2, 0.25) is 11.7 Å². The number of aromatic nitrogens is 3. The first-order valence-corrected chi connectivity index (χ1v) is 8.34. The van der Waals surface area contributed by atoms with E-state index < -0.39 is 5.97 Å². The molecular weight excluding hydrogens is 332 g/mol. The van der Waals surface area contributed by atoms with E-state index in [1.54, 1.807) is 30.6 Å². The van der Waals surface area contributed by atoms with Crippen LogP contribution in [0, 0.1) is 5.92 Å². The predicted octanol–water partition coefficient (Wildman–Crippen LogP) is 3.32. The molecule has 0 bridgehead atoms. The molecule has 1 unspecified atom stereocenters. The summed E-state index contributed by atoms with van der Waals surface area (Å²) < 4.78 is 5.45. The van der Waals surface area contributed by atoms with Gasteiger partial charge in [0, 0.05) is 24.5 Å².